The summed E-state index contributed by atoms with van der Waals surface area (Å²) in [7, 11) is 0. The number of rotatable bonds is 7. The molecule has 0 fully saturated rings. The fourth-order valence-corrected chi connectivity index (χ4v) is 3.92. The van der Waals surface area contributed by atoms with E-state index in [0.29, 0.717) is 28.3 Å². The van der Waals surface area contributed by atoms with Gasteiger partial charge in [0.15, 0.2) is 6.10 Å². The predicted molar refractivity (Wildman–Crippen MR) is 133 cm³/mol. The Morgan fingerprint density at radius 2 is 1.49 bits per heavy atom. The van der Waals surface area contributed by atoms with E-state index in [1.165, 1.54) is 0 Å². The molecule has 0 saturated heterocycles. The number of ketones is 1. The van der Waals surface area contributed by atoms with Gasteiger partial charge in [-0.25, -0.2) is 9.48 Å². The highest BCUT2D eigenvalue weighted by Crippen LogP contribution is 2.26. The molecule has 0 amide bonds. The maximum absolute atomic E-state index is 13.2. The Balaban J connectivity index is 1.35. The monoisotopic (exact) mass is 481 g/mol. The minimum Gasteiger partial charge on any atom is -0.445 e. The van der Waals surface area contributed by atoms with Crippen LogP contribution < -0.4 is 0 Å². The molecule has 7 heteroatoms. The van der Waals surface area contributed by atoms with E-state index in [1.807, 2.05) is 42.5 Å². The van der Waals surface area contributed by atoms with Gasteiger partial charge in [0.2, 0.25) is 5.78 Å². The number of hydrogen-bond acceptors (Lipinski definition) is 5. The van der Waals surface area contributed by atoms with Gasteiger partial charge in [-0.1, -0.05) is 83.5 Å². The Hall–Kier alpha value is -4.29. The van der Waals surface area contributed by atoms with E-state index in [9.17, 15) is 9.59 Å². The molecule has 4 aromatic carbocycles. The molecule has 0 N–H and O–H groups in total. The largest absolute Gasteiger partial charge is 0.445 e. The maximum Gasteiger partial charge on any atom is 0.339 e. The first-order valence-corrected chi connectivity index (χ1v) is 11.4. The number of aromatic nitrogens is 3. The number of carbonyl (C=O) groups is 2. The van der Waals surface area contributed by atoms with Gasteiger partial charge < -0.3 is 4.74 Å². The summed E-state index contributed by atoms with van der Waals surface area (Å²) < 4.78 is 7.53. The van der Waals surface area contributed by atoms with Gasteiger partial charge >= 0.3 is 5.97 Å². The number of ether oxygens (including phenoxy) is 1. The van der Waals surface area contributed by atoms with Crippen LogP contribution in [0.2, 0.25) is 5.02 Å². The second kappa shape index (κ2) is 9.91. The van der Waals surface area contributed by atoms with E-state index in [4.69, 9.17) is 16.3 Å². The number of halogens is 1. The van der Waals surface area contributed by atoms with Gasteiger partial charge in [-0.05, 0) is 42.0 Å². The molecule has 1 heterocycles. The highest BCUT2D eigenvalue weighted by molar-refractivity contribution is 6.30. The van der Waals surface area contributed by atoms with Crippen LogP contribution in [0.15, 0.2) is 103 Å². The summed E-state index contributed by atoms with van der Waals surface area (Å²) in [5, 5.41) is 8.90. The first-order chi connectivity index (χ1) is 17.1. The third-order valence-corrected chi connectivity index (χ3v) is 5.89. The highest BCUT2D eigenvalue weighted by atomic mass is 35.5. The van der Waals surface area contributed by atoms with Crippen molar-refractivity contribution in [3.05, 3.63) is 130 Å². The molecule has 0 aliphatic heterocycles. The lowest BCUT2D eigenvalue weighted by Gasteiger charge is -2.18. The van der Waals surface area contributed by atoms with Gasteiger partial charge in [-0.2, -0.15) is 0 Å². The molecule has 172 valence electrons. The Labute approximate surface area is 206 Å². The summed E-state index contributed by atoms with van der Waals surface area (Å²) in [6.45, 7) is 0.510. The van der Waals surface area contributed by atoms with Crippen molar-refractivity contribution in [2.24, 2.45) is 0 Å². The van der Waals surface area contributed by atoms with Crippen molar-refractivity contribution >= 4 is 34.4 Å². The van der Waals surface area contributed by atoms with Crippen molar-refractivity contribution in [1.29, 1.82) is 0 Å². The number of para-hydroxylation sites is 1. The van der Waals surface area contributed by atoms with Crippen LogP contribution in [0.25, 0.3) is 11.0 Å². The summed E-state index contributed by atoms with van der Waals surface area (Å²) in [4.78, 5) is 26.2. The fraction of sp³-hybridized carbons (Fsp3) is 0.0714. The molecule has 0 spiro atoms. The van der Waals surface area contributed by atoms with Crippen LogP contribution in [-0.4, -0.2) is 26.7 Å². The van der Waals surface area contributed by atoms with Crippen LogP contribution >= 0.6 is 11.6 Å². The fourth-order valence-electron chi connectivity index (χ4n) is 3.79. The number of nitrogens with zero attached hydrogens (tertiary/aromatic N) is 3. The van der Waals surface area contributed by atoms with Crippen molar-refractivity contribution < 1.29 is 14.3 Å². The number of hydrogen-bond donors (Lipinski definition) is 0. The molecule has 0 aliphatic carbocycles. The number of Topliss-reactive ketones (excluding diaryl/α,β-unsaturated/α-hetero) is 1. The first kappa shape index (κ1) is 22.5. The normalized spacial score (nSPS) is 11.8. The minimum absolute atomic E-state index is 0.309. The van der Waals surface area contributed by atoms with Crippen LogP contribution in [0.3, 0.4) is 0 Å². The van der Waals surface area contributed by atoms with Gasteiger partial charge in [0.05, 0.1) is 17.6 Å². The summed E-state index contributed by atoms with van der Waals surface area (Å²) in [6, 6.07) is 30.2. The standard InChI is InChI=1S/C28H20ClN3O3/c29-23-16-14-21(15-17-23)27(26(33)20-6-2-1-3-7-20)35-28(34)22-12-10-19(11-13-22)18-32-25-9-5-4-8-24(25)30-31-32/h1-17,27H,18H2/t27-/m0/s1. The van der Waals surface area contributed by atoms with Crippen molar-refractivity contribution in [1.82, 2.24) is 15.0 Å². The average Bonchev–Trinajstić information content (AvgIpc) is 3.31. The van der Waals surface area contributed by atoms with Crippen LogP contribution in [0.4, 0.5) is 0 Å². The SMILES string of the molecule is O=C(O[C@H](C(=O)c1ccccc1)c1ccc(Cl)cc1)c1ccc(Cn2nnc3ccccc32)cc1. The van der Waals surface area contributed by atoms with Crippen LogP contribution in [-0.2, 0) is 11.3 Å². The van der Waals surface area contributed by atoms with Crippen molar-refractivity contribution in [2.45, 2.75) is 12.6 Å². The van der Waals surface area contributed by atoms with Gasteiger partial charge in [-0.3, -0.25) is 4.79 Å². The molecule has 5 rings (SSSR count). The quantitative estimate of drug-likeness (QED) is 0.213. The molecule has 0 unspecified atom stereocenters. The van der Waals surface area contributed by atoms with E-state index >= 15 is 0 Å². The van der Waals surface area contributed by atoms with Gasteiger partial charge in [0, 0.05) is 16.1 Å². The van der Waals surface area contributed by atoms with Gasteiger partial charge in [0.25, 0.3) is 0 Å². The zero-order valence-corrected chi connectivity index (χ0v) is 19.3. The van der Waals surface area contributed by atoms with Crippen molar-refractivity contribution in [3.63, 3.8) is 0 Å². The molecule has 0 bridgehead atoms. The third kappa shape index (κ3) is 4.98. The van der Waals surface area contributed by atoms with Crippen LogP contribution in [0.5, 0.6) is 0 Å². The second-order valence-electron chi connectivity index (χ2n) is 8.00. The minimum atomic E-state index is -1.09. The number of fused-ring (bicyclic) bond motifs is 1. The molecule has 5 aromatic rings. The Morgan fingerprint density at radius 3 is 2.23 bits per heavy atom. The Kier molecular flexibility index (Phi) is 6.37. The Bertz CT molecular complexity index is 1480. The van der Waals surface area contributed by atoms with E-state index < -0.39 is 12.1 Å². The predicted octanol–water partition coefficient (Wildman–Crippen LogP) is 5.91. The van der Waals surface area contributed by atoms with E-state index in [2.05, 4.69) is 10.3 Å². The summed E-state index contributed by atoms with van der Waals surface area (Å²) in [5.41, 5.74) is 4.05. The lowest BCUT2D eigenvalue weighted by atomic mass is 9.99. The number of carbonyl (C=O) groups excluding carboxylic acids is 2. The molecular weight excluding hydrogens is 462 g/mol. The van der Waals surface area contributed by atoms with E-state index in [0.717, 1.165) is 16.6 Å². The molecule has 0 saturated carbocycles. The summed E-state index contributed by atoms with van der Waals surface area (Å²) >= 11 is 6.01. The van der Waals surface area contributed by atoms with Gasteiger partial charge in [0.1, 0.15) is 5.52 Å². The van der Waals surface area contributed by atoms with Crippen molar-refractivity contribution in [3.8, 4) is 0 Å². The third-order valence-electron chi connectivity index (χ3n) is 5.64. The summed E-state index contributed by atoms with van der Waals surface area (Å²) in [6.07, 6.45) is -1.09. The molecule has 0 radical (unpaired) electrons. The second-order valence-corrected chi connectivity index (χ2v) is 8.44. The van der Waals surface area contributed by atoms with Crippen molar-refractivity contribution in [2.75, 3.05) is 0 Å². The zero-order valence-electron chi connectivity index (χ0n) is 18.5. The average molecular weight is 482 g/mol. The van der Waals surface area contributed by atoms with Gasteiger partial charge in [-0.15, -0.1) is 5.10 Å². The Morgan fingerprint density at radius 1 is 0.800 bits per heavy atom. The number of esters is 1. The lowest BCUT2D eigenvalue weighted by molar-refractivity contribution is 0.0280. The zero-order chi connectivity index (χ0) is 24.2. The molecular formula is C28H20ClN3O3. The summed E-state index contributed by atoms with van der Waals surface area (Å²) in [5.74, 6) is -0.900. The topological polar surface area (TPSA) is 74.1 Å². The molecule has 1 aromatic heterocycles. The molecule has 0 aliphatic rings. The van der Waals surface area contributed by atoms with E-state index in [1.54, 1.807) is 65.3 Å². The smallest absolute Gasteiger partial charge is 0.339 e. The molecule has 35 heavy (non-hydrogen) atoms. The maximum atomic E-state index is 13.2. The number of benzene rings is 4. The van der Waals surface area contributed by atoms with Crippen LogP contribution in [0.1, 0.15) is 37.9 Å². The first-order valence-electron chi connectivity index (χ1n) is 11.0. The highest BCUT2D eigenvalue weighted by Gasteiger charge is 2.26. The molecule has 6 nitrogen and oxygen atoms in total. The van der Waals surface area contributed by atoms with E-state index in [-0.39, 0.29) is 5.78 Å². The molecule has 1 atom stereocenters. The van der Waals surface area contributed by atoms with Crippen LogP contribution in [0, 0.1) is 0 Å². The lowest BCUT2D eigenvalue weighted by Crippen LogP contribution is -2.20.